The highest BCUT2D eigenvalue weighted by molar-refractivity contribution is 7.58. The highest BCUT2D eigenvalue weighted by Crippen LogP contribution is 2.55. The van der Waals surface area contributed by atoms with Crippen LogP contribution in [0.1, 0.15) is 34.6 Å². The lowest BCUT2D eigenvalue weighted by Gasteiger charge is -2.28. The molecule has 0 saturated heterocycles. The molecule has 0 aromatic rings. The quantitative estimate of drug-likeness (QED) is 0.615. The van der Waals surface area contributed by atoms with Gasteiger partial charge in [-0.1, -0.05) is 13.8 Å². The molecule has 0 aliphatic heterocycles. The second-order valence-corrected chi connectivity index (χ2v) is 7.44. The summed E-state index contributed by atoms with van der Waals surface area (Å²) in [6, 6.07) is 1.95. The summed E-state index contributed by atoms with van der Waals surface area (Å²) in [5.41, 5.74) is 0.352. The Morgan fingerprint density at radius 1 is 1.28 bits per heavy atom. The van der Waals surface area contributed by atoms with Crippen molar-refractivity contribution in [3.63, 3.8) is 0 Å². The van der Waals surface area contributed by atoms with Crippen LogP contribution in [0, 0.1) is 17.2 Å². The lowest BCUT2D eigenvalue weighted by Crippen LogP contribution is -2.37. The van der Waals surface area contributed by atoms with Crippen molar-refractivity contribution in [2.45, 2.75) is 40.2 Å². The van der Waals surface area contributed by atoms with Gasteiger partial charge in [-0.15, -0.1) is 0 Å². The fourth-order valence-corrected chi connectivity index (χ4v) is 2.65. The van der Waals surface area contributed by atoms with Gasteiger partial charge in [0, 0.05) is 25.5 Å². The van der Waals surface area contributed by atoms with Gasteiger partial charge in [0.1, 0.15) is 6.07 Å². The van der Waals surface area contributed by atoms with E-state index in [-0.39, 0.29) is 16.8 Å². The monoisotopic (exact) mass is 274 g/mol. The number of hydrogen-bond donors (Lipinski definition) is 1. The first-order chi connectivity index (χ1) is 8.11. The van der Waals surface area contributed by atoms with Crippen molar-refractivity contribution in [3.8, 4) is 6.07 Å². The van der Waals surface area contributed by atoms with Crippen LogP contribution in [0.25, 0.3) is 0 Å². The van der Waals surface area contributed by atoms with Crippen molar-refractivity contribution in [1.82, 2.24) is 5.32 Å². The maximum absolute atomic E-state index is 12.3. The standard InChI is InChI=1S/C12H23N2O3P/c1-9(2)11(14-12(3,4)5)10(8-13)18(15,16-6)17-7/h9,14H,1-7H3/b11-10+. The molecule has 0 aliphatic rings. The molecule has 18 heavy (non-hydrogen) atoms. The summed E-state index contributed by atoms with van der Waals surface area (Å²) in [7, 11) is -0.982. The van der Waals surface area contributed by atoms with Crippen molar-refractivity contribution >= 4 is 7.60 Å². The molecule has 0 unspecified atom stereocenters. The van der Waals surface area contributed by atoms with Crippen molar-refractivity contribution in [1.29, 1.82) is 5.26 Å². The second kappa shape index (κ2) is 6.38. The summed E-state index contributed by atoms with van der Waals surface area (Å²) in [6.07, 6.45) is 0. The molecule has 5 nitrogen and oxygen atoms in total. The summed E-state index contributed by atoms with van der Waals surface area (Å²) >= 11 is 0. The average Bonchev–Trinajstić information content (AvgIpc) is 2.26. The van der Waals surface area contributed by atoms with Gasteiger partial charge < -0.3 is 14.4 Å². The Labute approximate surface area is 110 Å². The van der Waals surface area contributed by atoms with E-state index in [1.54, 1.807) is 0 Å². The largest absolute Gasteiger partial charge is 0.382 e. The molecular weight excluding hydrogens is 251 g/mol. The molecule has 0 bridgehead atoms. The molecule has 0 heterocycles. The molecule has 0 aromatic carbocycles. The summed E-state index contributed by atoms with van der Waals surface area (Å²) in [6.45, 7) is 9.74. The van der Waals surface area contributed by atoms with Crippen molar-refractivity contribution < 1.29 is 13.6 Å². The molecule has 6 heteroatoms. The highest BCUT2D eigenvalue weighted by atomic mass is 31.2. The predicted octanol–water partition coefficient (Wildman–Crippen LogP) is 3.25. The predicted molar refractivity (Wildman–Crippen MR) is 72.0 cm³/mol. The Balaban J connectivity index is 5.83. The minimum atomic E-state index is -3.53. The Hall–Kier alpha value is -0.820. The fraction of sp³-hybridized carbons (Fsp3) is 0.750. The Morgan fingerprint density at radius 2 is 1.72 bits per heavy atom. The molecule has 0 spiro atoms. The van der Waals surface area contributed by atoms with Gasteiger partial charge in [-0.25, -0.2) is 0 Å². The summed E-state index contributed by atoms with van der Waals surface area (Å²) < 4.78 is 22.1. The first kappa shape index (κ1) is 17.2. The number of nitriles is 1. The summed E-state index contributed by atoms with van der Waals surface area (Å²) in [5, 5.41) is 12.5. The molecular formula is C12H23N2O3P. The molecule has 0 aromatic heterocycles. The number of nitrogens with zero attached hydrogens (tertiary/aromatic N) is 1. The smallest absolute Gasteiger partial charge is 0.373 e. The van der Waals surface area contributed by atoms with Gasteiger partial charge in [0.2, 0.25) is 0 Å². The maximum Gasteiger partial charge on any atom is 0.373 e. The third-order valence-corrected chi connectivity index (χ3v) is 4.05. The van der Waals surface area contributed by atoms with E-state index < -0.39 is 7.60 Å². The first-order valence-corrected chi connectivity index (χ1v) is 7.30. The van der Waals surface area contributed by atoms with Gasteiger partial charge in [-0.2, -0.15) is 5.26 Å². The minimum Gasteiger partial charge on any atom is -0.382 e. The lowest BCUT2D eigenvalue weighted by atomic mass is 10.0. The maximum atomic E-state index is 12.3. The van der Waals surface area contributed by atoms with E-state index >= 15 is 0 Å². The van der Waals surface area contributed by atoms with E-state index in [2.05, 4.69) is 5.32 Å². The van der Waals surface area contributed by atoms with Gasteiger partial charge in [0.25, 0.3) is 0 Å². The molecule has 1 N–H and O–H groups in total. The first-order valence-electron chi connectivity index (χ1n) is 5.75. The lowest BCUT2D eigenvalue weighted by molar-refractivity contribution is 0.283. The van der Waals surface area contributed by atoms with Gasteiger partial charge in [0.15, 0.2) is 5.31 Å². The molecule has 0 fully saturated rings. The SMILES string of the molecule is COP(=O)(OC)/C(C#N)=C(/NC(C)(C)C)C(C)C. The molecule has 0 rings (SSSR count). The zero-order valence-corrected chi connectivity index (χ0v) is 13.1. The van der Waals surface area contributed by atoms with Crippen LogP contribution >= 0.6 is 7.60 Å². The molecule has 0 aliphatic carbocycles. The number of hydrogen-bond acceptors (Lipinski definition) is 5. The van der Waals surface area contributed by atoms with Crippen LogP contribution in [0.15, 0.2) is 11.0 Å². The molecule has 0 saturated carbocycles. The number of nitrogens with one attached hydrogen (secondary N) is 1. The number of allylic oxidation sites excluding steroid dienone is 2. The zero-order chi connectivity index (χ0) is 14.6. The Kier molecular flexibility index (Phi) is 6.09. The third-order valence-electron chi connectivity index (χ3n) is 2.20. The van der Waals surface area contributed by atoms with E-state index in [9.17, 15) is 9.83 Å². The van der Waals surface area contributed by atoms with Crippen LogP contribution in [-0.4, -0.2) is 19.8 Å². The van der Waals surface area contributed by atoms with Gasteiger partial charge in [-0.05, 0) is 26.7 Å². The van der Waals surface area contributed by atoms with E-state index in [0.717, 1.165) is 0 Å². The van der Waals surface area contributed by atoms with Crippen LogP contribution in [0.5, 0.6) is 0 Å². The van der Waals surface area contributed by atoms with Crippen molar-refractivity contribution in [2.75, 3.05) is 14.2 Å². The van der Waals surface area contributed by atoms with Gasteiger partial charge in [0.05, 0.1) is 0 Å². The Morgan fingerprint density at radius 3 is 1.94 bits per heavy atom. The normalized spacial score (nSPS) is 14.2. The highest BCUT2D eigenvalue weighted by Gasteiger charge is 2.33. The zero-order valence-electron chi connectivity index (χ0n) is 12.2. The fourth-order valence-electron chi connectivity index (χ4n) is 1.41. The van der Waals surface area contributed by atoms with Crippen LogP contribution in [0.2, 0.25) is 0 Å². The average molecular weight is 274 g/mol. The van der Waals surface area contributed by atoms with Crippen LogP contribution in [0.3, 0.4) is 0 Å². The minimum absolute atomic E-state index is 0.0116. The molecule has 104 valence electrons. The Bertz CT molecular complexity index is 395. The van der Waals surface area contributed by atoms with E-state index in [4.69, 9.17) is 9.05 Å². The van der Waals surface area contributed by atoms with E-state index in [0.29, 0.717) is 5.70 Å². The van der Waals surface area contributed by atoms with Gasteiger partial charge in [-0.3, -0.25) is 4.57 Å². The van der Waals surface area contributed by atoms with Crippen LogP contribution in [-0.2, 0) is 13.6 Å². The van der Waals surface area contributed by atoms with E-state index in [1.807, 2.05) is 40.7 Å². The third kappa shape index (κ3) is 4.45. The molecule has 0 atom stereocenters. The molecule has 0 radical (unpaired) electrons. The van der Waals surface area contributed by atoms with Crippen molar-refractivity contribution in [3.05, 3.63) is 11.0 Å². The second-order valence-electron chi connectivity index (χ2n) is 5.27. The van der Waals surface area contributed by atoms with Gasteiger partial charge >= 0.3 is 7.60 Å². The number of rotatable bonds is 5. The summed E-state index contributed by atoms with van der Waals surface area (Å²) in [5.74, 6) is 0.0116. The summed E-state index contributed by atoms with van der Waals surface area (Å²) in [4.78, 5) is 0. The topological polar surface area (TPSA) is 71.3 Å². The van der Waals surface area contributed by atoms with Crippen LogP contribution in [0.4, 0.5) is 0 Å². The van der Waals surface area contributed by atoms with Crippen molar-refractivity contribution in [2.24, 2.45) is 5.92 Å². The molecule has 0 amide bonds. The van der Waals surface area contributed by atoms with E-state index in [1.165, 1.54) is 14.2 Å². The van der Waals surface area contributed by atoms with Crippen LogP contribution < -0.4 is 5.32 Å².